The minimum atomic E-state index is -0.913. The first-order valence-electron chi connectivity index (χ1n) is 6.05. The standard InChI is InChI=1S/C13H19N3O4/c1-8(15-2)9-4-5-10(11(6-9)19-3)20-7-12(17)16-13(14)18/h4-6,8,15H,7H2,1-3H3,(H3,14,16,17,18). The third kappa shape index (κ3) is 4.43. The number of primary amides is 1. The average molecular weight is 281 g/mol. The Bertz CT molecular complexity index is 491. The van der Waals surface area contributed by atoms with Gasteiger partial charge in [-0.2, -0.15) is 0 Å². The molecule has 1 rings (SSSR count). The van der Waals surface area contributed by atoms with Crippen molar-refractivity contribution in [2.75, 3.05) is 20.8 Å². The van der Waals surface area contributed by atoms with Crippen LogP contribution in [0.4, 0.5) is 4.79 Å². The van der Waals surface area contributed by atoms with Gasteiger partial charge in [0, 0.05) is 6.04 Å². The fourth-order valence-electron chi connectivity index (χ4n) is 1.56. The summed E-state index contributed by atoms with van der Waals surface area (Å²) < 4.78 is 10.5. The molecule has 0 spiro atoms. The van der Waals surface area contributed by atoms with Crippen LogP contribution in [0.5, 0.6) is 11.5 Å². The second-order valence-electron chi connectivity index (χ2n) is 4.12. The Kier molecular flexibility index (Phi) is 5.79. The lowest BCUT2D eigenvalue weighted by molar-refractivity contribution is -0.121. The van der Waals surface area contributed by atoms with Gasteiger partial charge in [-0.25, -0.2) is 4.79 Å². The van der Waals surface area contributed by atoms with Crippen LogP contribution in [0.2, 0.25) is 0 Å². The third-order valence-electron chi connectivity index (χ3n) is 2.74. The molecule has 0 aromatic heterocycles. The molecule has 0 saturated heterocycles. The summed E-state index contributed by atoms with van der Waals surface area (Å²) in [5.74, 6) is 0.308. The van der Waals surface area contributed by atoms with Gasteiger partial charge in [0.05, 0.1) is 7.11 Å². The molecule has 0 bridgehead atoms. The molecular formula is C13H19N3O4. The normalized spacial score (nSPS) is 11.6. The van der Waals surface area contributed by atoms with Gasteiger partial charge >= 0.3 is 6.03 Å². The first kappa shape index (κ1) is 15.8. The minimum absolute atomic E-state index is 0.163. The fourth-order valence-corrected chi connectivity index (χ4v) is 1.56. The number of nitrogens with one attached hydrogen (secondary N) is 2. The van der Waals surface area contributed by atoms with Gasteiger partial charge in [0.1, 0.15) is 0 Å². The maximum absolute atomic E-state index is 11.3. The molecule has 0 radical (unpaired) electrons. The van der Waals surface area contributed by atoms with Gasteiger partial charge in [0.15, 0.2) is 18.1 Å². The van der Waals surface area contributed by atoms with E-state index < -0.39 is 11.9 Å². The summed E-state index contributed by atoms with van der Waals surface area (Å²) in [5, 5.41) is 5.03. The molecule has 1 atom stereocenters. The highest BCUT2D eigenvalue weighted by molar-refractivity contribution is 5.94. The number of imide groups is 1. The number of carbonyl (C=O) groups is 2. The Morgan fingerprint density at radius 2 is 2.05 bits per heavy atom. The predicted molar refractivity (Wildman–Crippen MR) is 73.7 cm³/mol. The van der Waals surface area contributed by atoms with E-state index in [9.17, 15) is 9.59 Å². The average Bonchev–Trinajstić information content (AvgIpc) is 2.43. The zero-order valence-corrected chi connectivity index (χ0v) is 11.7. The minimum Gasteiger partial charge on any atom is -0.493 e. The molecule has 0 aliphatic heterocycles. The van der Waals surface area contributed by atoms with Crippen LogP contribution in [0.1, 0.15) is 18.5 Å². The molecule has 110 valence electrons. The van der Waals surface area contributed by atoms with Crippen molar-refractivity contribution in [3.8, 4) is 11.5 Å². The van der Waals surface area contributed by atoms with Crippen molar-refractivity contribution in [2.24, 2.45) is 5.73 Å². The van der Waals surface area contributed by atoms with E-state index >= 15 is 0 Å². The summed E-state index contributed by atoms with van der Waals surface area (Å²) in [6.07, 6.45) is 0. The number of nitrogens with two attached hydrogens (primary N) is 1. The van der Waals surface area contributed by atoms with E-state index in [0.717, 1.165) is 5.56 Å². The quantitative estimate of drug-likeness (QED) is 0.706. The van der Waals surface area contributed by atoms with Gasteiger partial charge in [-0.15, -0.1) is 0 Å². The van der Waals surface area contributed by atoms with Crippen molar-refractivity contribution < 1.29 is 19.1 Å². The van der Waals surface area contributed by atoms with Crippen LogP contribution >= 0.6 is 0 Å². The molecular weight excluding hydrogens is 262 g/mol. The van der Waals surface area contributed by atoms with Gasteiger partial charge < -0.3 is 20.5 Å². The zero-order valence-electron chi connectivity index (χ0n) is 11.7. The van der Waals surface area contributed by atoms with Crippen molar-refractivity contribution in [3.05, 3.63) is 23.8 Å². The number of amides is 3. The molecule has 0 aliphatic rings. The number of urea groups is 1. The van der Waals surface area contributed by atoms with E-state index in [1.54, 1.807) is 6.07 Å². The summed E-state index contributed by atoms with van der Waals surface area (Å²) in [6.45, 7) is 1.69. The maximum Gasteiger partial charge on any atom is 0.318 e. The number of ether oxygens (including phenoxy) is 2. The monoisotopic (exact) mass is 281 g/mol. The number of methoxy groups -OCH3 is 1. The van der Waals surface area contributed by atoms with Crippen molar-refractivity contribution >= 4 is 11.9 Å². The number of carbonyl (C=O) groups excluding carboxylic acids is 2. The summed E-state index contributed by atoms with van der Waals surface area (Å²) in [4.78, 5) is 21.8. The van der Waals surface area contributed by atoms with Crippen LogP contribution in [0, 0.1) is 0 Å². The van der Waals surface area contributed by atoms with E-state index in [1.165, 1.54) is 7.11 Å². The number of rotatable bonds is 6. The van der Waals surface area contributed by atoms with Gasteiger partial charge in [-0.3, -0.25) is 10.1 Å². The van der Waals surface area contributed by atoms with Gasteiger partial charge in [-0.1, -0.05) is 6.07 Å². The highest BCUT2D eigenvalue weighted by atomic mass is 16.5. The molecule has 1 aromatic rings. The van der Waals surface area contributed by atoms with Crippen LogP contribution in [0.15, 0.2) is 18.2 Å². The smallest absolute Gasteiger partial charge is 0.318 e. The first-order valence-corrected chi connectivity index (χ1v) is 6.05. The van der Waals surface area contributed by atoms with Crippen LogP contribution < -0.4 is 25.8 Å². The SMILES string of the molecule is CNC(C)c1ccc(OCC(=O)NC(N)=O)c(OC)c1. The summed E-state index contributed by atoms with van der Waals surface area (Å²) in [7, 11) is 3.37. The van der Waals surface area contributed by atoms with E-state index in [4.69, 9.17) is 15.2 Å². The molecule has 0 fully saturated rings. The molecule has 0 aliphatic carbocycles. The van der Waals surface area contributed by atoms with Crippen molar-refractivity contribution in [1.29, 1.82) is 0 Å². The van der Waals surface area contributed by atoms with E-state index in [1.807, 2.05) is 31.4 Å². The molecule has 1 unspecified atom stereocenters. The van der Waals surface area contributed by atoms with E-state index in [0.29, 0.717) is 11.5 Å². The van der Waals surface area contributed by atoms with Crippen molar-refractivity contribution in [3.63, 3.8) is 0 Å². The Morgan fingerprint density at radius 1 is 1.35 bits per heavy atom. The Labute approximate surface area is 117 Å². The van der Waals surface area contributed by atoms with Crippen LogP contribution in [-0.2, 0) is 4.79 Å². The molecule has 0 heterocycles. The Morgan fingerprint density at radius 3 is 2.60 bits per heavy atom. The highest BCUT2D eigenvalue weighted by Gasteiger charge is 2.11. The van der Waals surface area contributed by atoms with Crippen molar-refractivity contribution in [2.45, 2.75) is 13.0 Å². The van der Waals surface area contributed by atoms with E-state index in [-0.39, 0.29) is 12.6 Å². The Hall–Kier alpha value is -2.28. The van der Waals surface area contributed by atoms with Crippen molar-refractivity contribution in [1.82, 2.24) is 10.6 Å². The molecule has 20 heavy (non-hydrogen) atoms. The van der Waals surface area contributed by atoms with Gasteiger partial charge in [-0.05, 0) is 31.7 Å². The fraction of sp³-hybridized carbons (Fsp3) is 0.385. The summed E-state index contributed by atoms with van der Waals surface area (Å²) in [5.41, 5.74) is 5.85. The second kappa shape index (κ2) is 7.34. The molecule has 1 aromatic carbocycles. The molecule has 7 heteroatoms. The first-order chi connectivity index (χ1) is 9.47. The summed E-state index contributed by atoms with van der Waals surface area (Å²) >= 11 is 0. The van der Waals surface area contributed by atoms with Crippen LogP contribution in [-0.4, -0.2) is 32.7 Å². The second-order valence-corrected chi connectivity index (χ2v) is 4.12. The van der Waals surface area contributed by atoms with Crippen LogP contribution in [0.3, 0.4) is 0 Å². The van der Waals surface area contributed by atoms with Crippen LogP contribution in [0.25, 0.3) is 0 Å². The molecule has 0 saturated carbocycles. The largest absolute Gasteiger partial charge is 0.493 e. The maximum atomic E-state index is 11.3. The number of hydrogen-bond donors (Lipinski definition) is 3. The predicted octanol–water partition coefficient (Wildman–Crippen LogP) is 0.549. The molecule has 3 amide bonds. The van der Waals surface area contributed by atoms with Gasteiger partial charge in [0.2, 0.25) is 0 Å². The summed E-state index contributed by atoms with van der Waals surface area (Å²) in [6, 6.07) is 4.65. The lowest BCUT2D eigenvalue weighted by Crippen LogP contribution is -2.38. The number of benzene rings is 1. The van der Waals surface area contributed by atoms with Gasteiger partial charge in [0.25, 0.3) is 5.91 Å². The lowest BCUT2D eigenvalue weighted by atomic mass is 10.1. The molecule has 4 N–H and O–H groups in total. The Balaban J connectivity index is 2.75. The third-order valence-corrected chi connectivity index (χ3v) is 2.74. The van der Waals surface area contributed by atoms with E-state index in [2.05, 4.69) is 5.32 Å². The topological polar surface area (TPSA) is 103 Å². The zero-order chi connectivity index (χ0) is 15.1. The lowest BCUT2D eigenvalue weighted by Gasteiger charge is -2.15. The molecule has 7 nitrogen and oxygen atoms in total. The number of hydrogen-bond acceptors (Lipinski definition) is 5. The highest BCUT2D eigenvalue weighted by Crippen LogP contribution is 2.30.